The molecule has 130 valence electrons. The number of hydrogen-bond acceptors (Lipinski definition) is 5. The van der Waals surface area contributed by atoms with Crippen LogP contribution in [0, 0.1) is 31.1 Å². The molecule has 2 aromatic carbocycles. The standard InChI is InChI=1S/C21H20N4S/c1-14-4-8-17(9-5-14)19-20(18-10-6-15(2)7-11-18)24-25-21(23-19)26-13-16(3)12-22/h4-11,16H,13H2,1-3H3/t16-/m0/s1. The van der Waals surface area contributed by atoms with Gasteiger partial charge in [0.05, 0.1) is 12.0 Å². The third-order valence-corrected chi connectivity index (χ3v) is 5.10. The zero-order valence-electron chi connectivity index (χ0n) is 15.1. The molecule has 3 rings (SSSR count). The van der Waals surface area contributed by atoms with Gasteiger partial charge in [-0.25, -0.2) is 4.98 Å². The van der Waals surface area contributed by atoms with Crippen LogP contribution in [-0.2, 0) is 0 Å². The second-order valence-electron chi connectivity index (χ2n) is 6.36. The van der Waals surface area contributed by atoms with E-state index in [1.54, 1.807) is 0 Å². The number of hydrogen-bond donors (Lipinski definition) is 0. The zero-order chi connectivity index (χ0) is 18.5. The number of aromatic nitrogens is 3. The van der Waals surface area contributed by atoms with Crippen molar-refractivity contribution in [2.45, 2.75) is 25.9 Å². The predicted molar refractivity (Wildman–Crippen MR) is 106 cm³/mol. The fourth-order valence-corrected chi connectivity index (χ4v) is 3.16. The number of benzene rings is 2. The molecular formula is C21H20N4S. The Hall–Kier alpha value is -2.71. The van der Waals surface area contributed by atoms with E-state index in [2.05, 4.69) is 66.5 Å². The first-order valence-corrected chi connectivity index (χ1v) is 9.46. The molecule has 0 aliphatic heterocycles. The summed E-state index contributed by atoms with van der Waals surface area (Å²) in [7, 11) is 0. The first-order valence-electron chi connectivity index (χ1n) is 8.48. The van der Waals surface area contributed by atoms with Crippen molar-refractivity contribution in [3.05, 3.63) is 59.7 Å². The average Bonchev–Trinajstić information content (AvgIpc) is 2.67. The largest absolute Gasteiger partial charge is 0.219 e. The molecule has 26 heavy (non-hydrogen) atoms. The summed E-state index contributed by atoms with van der Waals surface area (Å²) in [6.07, 6.45) is 0. The van der Waals surface area contributed by atoms with Crippen molar-refractivity contribution >= 4 is 11.8 Å². The molecule has 0 saturated heterocycles. The summed E-state index contributed by atoms with van der Waals surface area (Å²) in [4.78, 5) is 4.76. The van der Waals surface area contributed by atoms with Crippen molar-refractivity contribution in [2.75, 3.05) is 5.75 Å². The van der Waals surface area contributed by atoms with Gasteiger partial charge in [0.15, 0.2) is 0 Å². The molecule has 0 saturated carbocycles. The lowest BCUT2D eigenvalue weighted by molar-refractivity contribution is 0.830. The van der Waals surface area contributed by atoms with Crippen LogP contribution in [0.2, 0.25) is 0 Å². The van der Waals surface area contributed by atoms with E-state index in [4.69, 9.17) is 10.2 Å². The van der Waals surface area contributed by atoms with Crippen LogP contribution in [0.25, 0.3) is 22.5 Å². The fourth-order valence-electron chi connectivity index (χ4n) is 2.43. The van der Waals surface area contributed by atoms with Crippen LogP contribution in [0.3, 0.4) is 0 Å². The van der Waals surface area contributed by atoms with E-state index in [0.29, 0.717) is 10.9 Å². The summed E-state index contributed by atoms with van der Waals surface area (Å²) >= 11 is 1.46. The van der Waals surface area contributed by atoms with Gasteiger partial charge in [-0.1, -0.05) is 71.4 Å². The molecule has 0 bridgehead atoms. The third kappa shape index (κ3) is 4.27. The van der Waals surface area contributed by atoms with Crippen molar-refractivity contribution in [1.82, 2.24) is 15.2 Å². The number of nitriles is 1. The minimum Gasteiger partial charge on any atom is -0.219 e. The van der Waals surface area contributed by atoms with Gasteiger partial charge in [-0.05, 0) is 20.8 Å². The highest BCUT2D eigenvalue weighted by Crippen LogP contribution is 2.30. The number of thioether (sulfide) groups is 1. The highest BCUT2D eigenvalue weighted by atomic mass is 32.2. The molecule has 1 atom stereocenters. The second kappa shape index (κ2) is 8.11. The van der Waals surface area contributed by atoms with Crippen LogP contribution < -0.4 is 0 Å². The van der Waals surface area contributed by atoms with Gasteiger partial charge in [0.25, 0.3) is 0 Å². The normalized spacial score (nSPS) is 11.8. The lowest BCUT2D eigenvalue weighted by atomic mass is 10.0. The first-order chi connectivity index (χ1) is 12.6. The Morgan fingerprint density at radius 3 is 1.96 bits per heavy atom. The Bertz CT molecular complexity index is 928. The van der Waals surface area contributed by atoms with Crippen LogP contribution in [-0.4, -0.2) is 20.9 Å². The topological polar surface area (TPSA) is 62.5 Å². The highest BCUT2D eigenvalue weighted by Gasteiger charge is 2.14. The van der Waals surface area contributed by atoms with E-state index in [9.17, 15) is 0 Å². The maximum absolute atomic E-state index is 8.97. The molecular weight excluding hydrogens is 340 g/mol. The lowest BCUT2D eigenvalue weighted by Crippen LogP contribution is -2.01. The third-order valence-electron chi connectivity index (χ3n) is 4.00. The van der Waals surface area contributed by atoms with Gasteiger partial charge in [-0.15, -0.1) is 10.2 Å². The quantitative estimate of drug-likeness (QED) is 0.594. The van der Waals surface area contributed by atoms with E-state index < -0.39 is 0 Å². The minimum absolute atomic E-state index is 0.0526. The molecule has 0 fully saturated rings. The summed E-state index contributed by atoms with van der Waals surface area (Å²) in [6.45, 7) is 6.01. The summed E-state index contributed by atoms with van der Waals surface area (Å²) in [5, 5.41) is 18.3. The lowest BCUT2D eigenvalue weighted by Gasteiger charge is -2.10. The Labute approximate surface area is 158 Å². The molecule has 0 spiro atoms. The van der Waals surface area contributed by atoms with E-state index in [1.807, 2.05) is 19.1 Å². The molecule has 0 N–H and O–H groups in total. The Balaban J connectivity index is 2.04. The fraction of sp³-hybridized carbons (Fsp3) is 0.238. The molecule has 0 unspecified atom stereocenters. The Morgan fingerprint density at radius 1 is 0.885 bits per heavy atom. The molecule has 0 aliphatic rings. The summed E-state index contributed by atoms with van der Waals surface area (Å²) < 4.78 is 0. The van der Waals surface area contributed by atoms with Gasteiger partial charge in [0.2, 0.25) is 5.16 Å². The van der Waals surface area contributed by atoms with Crippen LogP contribution in [0.4, 0.5) is 0 Å². The predicted octanol–water partition coefficient (Wildman–Crippen LogP) is 5.07. The molecule has 0 amide bonds. The van der Waals surface area contributed by atoms with Crippen LogP contribution in [0.1, 0.15) is 18.1 Å². The van der Waals surface area contributed by atoms with Gasteiger partial charge in [0.1, 0.15) is 11.4 Å². The van der Waals surface area contributed by atoms with Gasteiger partial charge in [-0.3, -0.25) is 0 Å². The maximum atomic E-state index is 8.97. The van der Waals surface area contributed by atoms with Crippen LogP contribution in [0.15, 0.2) is 53.7 Å². The van der Waals surface area contributed by atoms with Crippen molar-refractivity contribution in [3.8, 4) is 28.6 Å². The van der Waals surface area contributed by atoms with Gasteiger partial charge < -0.3 is 0 Å². The first kappa shape index (κ1) is 18.1. The molecule has 1 aromatic heterocycles. The highest BCUT2D eigenvalue weighted by molar-refractivity contribution is 7.99. The molecule has 3 aromatic rings. The van der Waals surface area contributed by atoms with Gasteiger partial charge in [-0.2, -0.15) is 5.26 Å². The monoisotopic (exact) mass is 360 g/mol. The average molecular weight is 360 g/mol. The second-order valence-corrected chi connectivity index (χ2v) is 7.35. The molecule has 0 aliphatic carbocycles. The van der Waals surface area contributed by atoms with Crippen molar-refractivity contribution in [3.63, 3.8) is 0 Å². The van der Waals surface area contributed by atoms with Gasteiger partial charge in [0, 0.05) is 16.9 Å². The Morgan fingerprint density at radius 2 is 1.42 bits per heavy atom. The number of aryl methyl sites for hydroxylation is 2. The van der Waals surface area contributed by atoms with E-state index in [1.165, 1.54) is 22.9 Å². The van der Waals surface area contributed by atoms with E-state index in [-0.39, 0.29) is 5.92 Å². The smallest absolute Gasteiger partial charge is 0.209 e. The van der Waals surface area contributed by atoms with Crippen molar-refractivity contribution < 1.29 is 0 Å². The minimum atomic E-state index is -0.0526. The van der Waals surface area contributed by atoms with Crippen LogP contribution >= 0.6 is 11.8 Å². The molecule has 0 radical (unpaired) electrons. The zero-order valence-corrected chi connectivity index (χ0v) is 15.9. The maximum Gasteiger partial charge on any atom is 0.209 e. The molecule has 5 heteroatoms. The van der Waals surface area contributed by atoms with Gasteiger partial charge >= 0.3 is 0 Å². The molecule has 4 nitrogen and oxygen atoms in total. The van der Waals surface area contributed by atoms with E-state index >= 15 is 0 Å². The summed E-state index contributed by atoms with van der Waals surface area (Å²) in [5.74, 6) is 0.596. The number of nitrogens with zero attached hydrogens (tertiary/aromatic N) is 4. The SMILES string of the molecule is Cc1ccc(-c2nnc(SC[C@@H](C)C#N)nc2-c2ccc(C)cc2)cc1. The molecule has 1 heterocycles. The van der Waals surface area contributed by atoms with Crippen molar-refractivity contribution in [2.24, 2.45) is 5.92 Å². The van der Waals surface area contributed by atoms with Crippen LogP contribution in [0.5, 0.6) is 0 Å². The summed E-state index contributed by atoms with van der Waals surface area (Å²) in [5.41, 5.74) is 5.99. The van der Waals surface area contributed by atoms with E-state index in [0.717, 1.165) is 22.5 Å². The Kier molecular flexibility index (Phi) is 5.65. The van der Waals surface area contributed by atoms with Crippen molar-refractivity contribution in [1.29, 1.82) is 5.26 Å². The summed E-state index contributed by atoms with van der Waals surface area (Å²) in [6, 6.07) is 18.7. The number of rotatable bonds is 5.